The van der Waals surface area contributed by atoms with Crippen molar-refractivity contribution in [2.75, 3.05) is 0 Å². The van der Waals surface area contributed by atoms with E-state index in [1.807, 2.05) is 24.3 Å². The summed E-state index contributed by atoms with van der Waals surface area (Å²) in [4.78, 5) is 0. The van der Waals surface area contributed by atoms with Gasteiger partial charge in [-0.1, -0.05) is 43.3 Å². The second-order valence-corrected chi connectivity index (χ2v) is 4.31. The van der Waals surface area contributed by atoms with E-state index < -0.39 is 0 Å². The summed E-state index contributed by atoms with van der Waals surface area (Å²) in [6.45, 7) is 3.33. The fourth-order valence-corrected chi connectivity index (χ4v) is 1.83. The van der Waals surface area contributed by atoms with Gasteiger partial charge in [0.05, 0.1) is 0 Å². The van der Waals surface area contributed by atoms with E-state index in [0.717, 1.165) is 17.7 Å². The van der Waals surface area contributed by atoms with Gasteiger partial charge in [0.15, 0.2) is 0 Å². The number of benzene rings is 2. The average Bonchev–Trinajstić information content (AvgIpc) is 2.46. The van der Waals surface area contributed by atoms with Gasteiger partial charge in [-0.2, -0.15) is 0 Å². The maximum atomic E-state index is 5.75. The van der Waals surface area contributed by atoms with E-state index in [-0.39, 0.29) is 0 Å². The minimum Gasteiger partial charge on any atom is -0.489 e. The van der Waals surface area contributed by atoms with Gasteiger partial charge in [0, 0.05) is 6.54 Å². The first kappa shape index (κ1) is 12.7. The van der Waals surface area contributed by atoms with E-state index in [4.69, 9.17) is 10.5 Å². The summed E-state index contributed by atoms with van der Waals surface area (Å²) in [5.74, 6) is 0.883. The Kier molecular flexibility index (Phi) is 4.37. The van der Waals surface area contributed by atoms with Crippen molar-refractivity contribution in [1.82, 2.24) is 0 Å². The highest BCUT2D eigenvalue weighted by atomic mass is 16.5. The molecule has 0 atom stereocenters. The third-order valence-electron chi connectivity index (χ3n) is 2.96. The van der Waals surface area contributed by atoms with Crippen LogP contribution in [0.1, 0.15) is 23.6 Å². The van der Waals surface area contributed by atoms with Gasteiger partial charge in [0.25, 0.3) is 0 Å². The maximum absolute atomic E-state index is 5.75. The molecule has 94 valence electrons. The molecule has 2 heteroatoms. The quantitative estimate of drug-likeness (QED) is 0.871. The summed E-state index contributed by atoms with van der Waals surface area (Å²) in [7, 11) is 0. The molecule has 0 aliphatic rings. The Labute approximate surface area is 108 Å². The number of rotatable bonds is 5. The van der Waals surface area contributed by atoms with E-state index in [2.05, 4.69) is 31.2 Å². The zero-order valence-corrected chi connectivity index (χ0v) is 10.7. The van der Waals surface area contributed by atoms with Crippen LogP contribution in [0.4, 0.5) is 0 Å². The normalized spacial score (nSPS) is 10.3. The largest absolute Gasteiger partial charge is 0.489 e. The summed E-state index contributed by atoms with van der Waals surface area (Å²) in [6.07, 6.45) is 1.05. The molecule has 0 saturated heterocycles. The van der Waals surface area contributed by atoms with Gasteiger partial charge in [0.2, 0.25) is 0 Å². The van der Waals surface area contributed by atoms with E-state index in [1.165, 1.54) is 11.1 Å². The Balaban J connectivity index is 1.97. The molecule has 2 N–H and O–H groups in total. The Morgan fingerprint density at radius 1 is 0.944 bits per heavy atom. The lowest BCUT2D eigenvalue weighted by Gasteiger charge is -2.08. The molecular formula is C16H19NO. The fraction of sp³-hybridized carbons (Fsp3) is 0.250. The summed E-state index contributed by atoms with van der Waals surface area (Å²) < 4.78 is 5.75. The first-order valence-corrected chi connectivity index (χ1v) is 6.31. The molecule has 2 aromatic carbocycles. The second-order valence-electron chi connectivity index (χ2n) is 4.31. The lowest BCUT2D eigenvalue weighted by atomic mass is 10.1. The molecule has 2 rings (SSSR count). The van der Waals surface area contributed by atoms with E-state index in [9.17, 15) is 0 Å². The molecule has 0 amide bonds. The highest BCUT2D eigenvalue weighted by Gasteiger charge is 1.97. The van der Waals surface area contributed by atoms with Crippen molar-refractivity contribution < 1.29 is 4.74 Å². The van der Waals surface area contributed by atoms with Crippen LogP contribution in [0, 0.1) is 0 Å². The average molecular weight is 241 g/mol. The van der Waals surface area contributed by atoms with Gasteiger partial charge in [-0.15, -0.1) is 0 Å². The van der Waals surface area contributed by atoms with Gasteiger partial charge < -0.3 is 10.5 Å². The lowest BCUT2D eigenvalue weighted by molar-refractivity contribution is 0.306. The van der Waals surface area contributed by atoms with Crippen molar-refractivity contribution in [3.63, 3.8) is 0 Å². The molecule has 18 heavy (non-hydrogen) atoms. The standard InChI is InChI=1S/C16H19NO/c1-2-13-4-3-5-15(10-13)12-18-16-8-6-14(11-17)7-9-16/h3-10H,2,11-12,17H2,1H3. The third-order valence-corrected chi connectivity index (χ3v) is 2.96. The highest BCUT2D eigenvalue weighted by Crippen LogP contribution is 2.14. The first-order chi connectivity index (χ1) is 8.81. The second kappa shape index (κ2) is 6.22. The zero-order valence-electron chi connectivity index (χ0n) is 10.7. The highest BCUT2D eigenvalue weighted by molar-refractivity contribution is 5.28. The number of hydrogen-bond acceptors (Lipinski definition) is 2. The molecule has 0 aliphatic carbocycles. The van der Waals surface area contributed by atoms with Crippen LogP contribution in [0.2, 0.25) is 0 Å². The van der Waals surface area contributed by atoms with Crippen molar-refractivity contribution in [2.45, 2.75) is 26.5 Å². The van der Waals surface area contributed by atoms with Crippen LogP contribution in [-0.2, 0) is 19.6 Å². The van der Waals surface area contributed by atoms with Crippen molar-refractivity contribution in [3.05, 3.63) is 65.2 Å². The Morgan fingerprint density at radius 2 is 1.67 bits per heavy atom. The SMILES string of the molecule is CCc1cccc(COc2ccc(CN)cc2)c1. The Morgan fingerprint density at radius 3 is 2.33 bits per heavy atom. The number of hydrogen-bond donors (Lipinski definition) is 1. The molecule has 0 aliphatic heterocycles. The number of nitrogens with two attached hydrogens (primary N) is 1. The van der Waals surface area contributed by atoms with Gasteiger partial charge >= 0.3 is 0 Å². The lowest BCUT2D eigenvalue weighted by Crippen LogP contribution is -1.98. The topological polar surface area (TPSA) is 35.2 Å². The molecule has 0 bridgehead atoms. The smallest absolute Gasteiger partial charge is 0.119 e. The Hall–Kier alpha value is -1.80. The zero-order chi connectivity index (χ0) is 12.8. The van der Waals surface area contributed by atoms with Crippen molar-refractivity contribution in [1.29, 1.82) is 0 Å². The van der Waals surface area contributed by atoms with Crippen LogP contribution in [0.25, 0.3) is 0 Å². The summed E-state index contributed by atoms with van der Waals surface area (Å²) >= 11 is 0. The molecular weight excluding hydrogens is 222 g/mol. The molecule has 0 unspecified atom stereocenters. The van der Waals surface area contributed by atoms with Crippen LogP contribution < -0.4 is 10.5 Å². The van der Waals surface area contributed by atoms with E-state index >= 15 is 0 Å². The van der Waals surface area contributed by atoms with E-state index in [0.29, 0.717) is 13.2 Å². The van der Waals surface area contributed by atoms with Crippen LogP contribution >= 0.6 is 0 Å². The van der Waals surface area contributed by atoms with Gasteiger partial charge in [-0.25, -0.2) is 0 Å². The minimum atomic E-state index is 0.568. The number of ether oxygens (including phenoxy) is 1. The number of aryl methyl sites for hydroxylation is 1. The summed E-state index contributed by atoms with van der Waals surface area (Å²) in [5, 5.41) is 0. The predicted octanol–water partition coefficient (Wildman–Crippen LogP) is 3.29. The monoisotopic (exact) mass is 241 g/mol. The molecule has 0 spiro atoms. The summed E-state index contributed by atoms with van der Waals surface area (Å²) in [6, 6.07) is 16.4. The molecule has 0 heterocycles. The third kappa shape index (κ3) is 3.34. The molecule has 2 aromatic rings. The Bertz CT molecular complexity index is 491. The molecule has 0 radical (unpaired) electrons. The summed E-state index contributed by atoms with van der Waals surface area (Å²) in [5.41, 5.74) is 9.22. The molecule has 2 nitrogen and oxygen atoms in total. The first-order valence-electron chi connectivity index (χ1n) is 6.31. The maximum Gasteiger partial charge on any atom is 0.119 e. The van der Waals surface area contributed by atoms with Crippen LogP contribution in [0.5, 0.6) is 5.75 Å². The molecule has 0 aromatic heterocycles. The molecule has 0 saturated carbocycles. The van der Waals surface area contributed by atoms with Crippen LogP contribution in [0.3, 0.4) is 0 Å². The fourth-order valence-electron chi connectivity index (χ4n) is 1.83. The van der Waals surface area contributed by atoms with Gasteiger partial charge in [-0.3, -0.25) is 0 Å². The van der Waals surface area contributed by atoms with Crippen molar-refractivity contribution in [3.8, 4) is 5.75 Å². The van der Waals surface area contributed by atoms with Crippen LogP contribution in [-0.4, -0.2) is 0 Å². The van der Waals surface area contributed by atoms with E-state index in [1.54, 1.807) is 0 Å². The minimum absolute atomic E-state index is 0.568. The van der Waals surface area contributed by atoms with Crippen molar-refractivity contribution >= 4 is 0 Å². The van der Waals surface area contributed by atoms with Gasteiger partial charge in [0.1, 0.15) is 12.4 Å². The predicted molar refractivity (Wildman–Crippen MR) is 74.5 cm³/mol. The molecule has 0 fully saturated rings. The van der Waals surface area contributed by atoms with Gasteiger partial charge in [-0.05, 0) is 35.2 Å². The van der Waals surface area contributed by atoms with Crippen LogP contribution in [0.15, 0.2) is 48.5 Å². The van der Waals surface area contributed by atoms with Crippen molar-refractivity contribution in [2.24, 2.45) is 5.73 Å².